The average molecular weight is 182 g/mol. The summed E-state index contributed by atoms with van der Waals surface area (Å²) in [7, 11) is 1.41. The van der Waals surface area contributed by atoms with Gasteiger partial charge in [-0.1, -0.05) is 31.6 Å². The Balaban J connectivity index is 4.07. The molecule has 2 nitrogen and oxygen atoms in total. The maximum Gasteiger partial charge on any atom is 0.312 e. The van der Waals surface area contributed by atoms with E-state index in [-0.39, 0.29) is 11.9 Å². The van der Waals surface area contributed by atoms with Crippen LogP contribution in [0.25, 0.3) is 0 Å². The normalized spacial score (nSPS) is 12.8. The van der Waals surface area contributed by atoms with Crippen LogP contribution < -0.4 is 0 Å². The van der Waals surface area contributed by atoms with Crippen LogP contribution in [-0.4, -0.2) is 13.1 Å². The molecule has 0 fully saturated rings. The van der Waals surface area contributed by atoms with E-state index in [1.807, 2.05) is 12.2 Å². The van der Waals surface area contributed by atoms with Crippen LogP contribution in [0.1, 0.15) is 26.2 Å². The van der Waals surface area contributed by atoms with Crippen LogP contribution in [0.4, 0.5) is 0 Å². The van der Waals surface area contributed by atoms with Gasteiger partial charge in [0.25, 0.3) is 0 Å². The van der Waals surface area contributed by atoms with Crippen LogP contribution >= 0.6 is 0 Å². The zero-order chi connectivity index (χ0) is 10.1. The minimum atomic E-state index is -0.188. The van der Waals surface area contributed by atoms with Crippen LogP contribution in [-0.2, 0) is 9.53 Å². The van der Waals surface area contributed by atoms with E-state index in [0.29, 0.717) is 6.42 Å². The third-order valence-electron chi connectivity index (χ3n) is 1.75. The van der Waals surface area contributed by atoms with Gasteiger partial charge in [0.1, 0.15) is 0 Å². The van der Waals surface area contributed by atoms with E-state index in [0.717, 1.165) is 12.8 Å². The van der Waals surface area contributed by atoms with Gasteiger partial charge in [-0.3, -0.25) is 4.79 Å². The molecule has 0 aliphatic heterocycles. The highest BCUT2D eigenvalue weighted by Gasteiger charge is 2.12. The Labute approximate surface area is 80.3 Å². The summed E-state index contributed by atoms with van der Waals surface area (Å²) in [6.45, 7) is 5.71. The minimum absolute atomic E-state index is 0.158. The fourth-order valence-corrected chi connectivity index (χ4v) is 1.01. The first-order chi connectivity index (χ1) is 6.26. The molecule has 2 heteroatoms. The number of methoxy groups -OCH3 is 1. The van der Waals surface area contributed by atoms with Gasteiger partial charge in [-0.05, 0) is 12.8 Å². The summed E-state index contributed by atoms with van der Waals surface area (Å²) in [6, 6.07) is 0. The minimum Gasteiger partial charge on any atom is -0.469 e. The van der Waals surface area contributed by atoms with Crippen LogP contribution in [0.3, 0.4) is 0 Å². The van der Waals surface area contributed by atoms with Crippen LogP contribution in [0, 0.1) is 5.92 Å². The first-order valence-electron chi connectivity index (χ1n) is 4.61. The monoisotopic (exact) mass is 182 g/mol. The summed E-state index contributed by atoms with van der Waals surface area (Å²) >= 11 is 0. The Morgan fingerprint density at radius 3 is 2.77 bits per heavy atom. The standard InChI is InChI=1S/C11H18O2/c1-4-6-7-9-10(8-5-2)11(12)13-3/h5,7,9-10H,2,4,6,8H2,1,3H3. The van der Waals surface area contributed by atoms with Gasteiger partial charge < -0.3 is 4.74 Å². The third-order valence-corrected chi connectivity index (χ3v) is 1.75. The number of ether oxygens (including phenoxy) is 1. The summed E-state index contributed by atoms with van der Waals surface area (Å²) in [5.74, 6) is -0.346. The van der Waals surface area contributed by atoms with Gasteiger partial charge in [-0.25, -0.2) is 0 Å². The SMILES string of the molecule is C=CCC(C=CCCC)C(=O)OC. The van der Waals surface area contributed by atoms with Crippen molar-refractivity contribution in [3.63, 3.8) is 0 Å². The molecule has 1 unspecified atom stereocenters. The van der Waals surface area contributed by atoms with Gasteiger partial charge in [-0.2, -0.15) is 0 Å². The third kappa shape index (κ3) is 5.23. The number of rotatable bonds is 6. The number of esters is 1. The predicted octanol–water partition coefficient (Wildman–Crippen LogP) is 2.71. The number of carbonyl (C=O) groups is 1. The number of carbonyl (C=O) groups excluding carboxylic acids is 1. The lowest BCUT2D eigenvalue weighted by Crippen LogP contribution is -2.12. The summed E-state index contributed by atoms with van der Waals surface area (Å²) in [5, 5.41) is 0. The van der Waals surface area contributed by atoms with Gasteiger partial charge in [0.15, 0.2) is 0 Å². The van der Waals surface area contributed by atoms with Gasteiger partial charge in [0, 0.05) is 0 Å². The van der Waals surface area contributed by atoms with E-state index in [4.69, 9.17) is 0 Å². The quantitative estimate of drug-likeness (QED) is 0.466. The second-order valence-electron chi connectivity index (χ2n) is 2.87. The van der Waals surface area contributed by atoms with Crippen molar-refractivity contribution in [1.29, 1.82) is 0 Å². The molecule has 0 spiro atoms. The van der Waals surface area contributed by atoms with Crippen LogP contribution in [0.15, 0.2) is 24.8 Å². The molecule has 0 saturated heterocycles. The second kappa shape index (κ2) is 7.59. The van der Waals surface area contributed by atoms with Gasteiger partial charge in [0.2, 0.25) is 0 Å². The summed E-state index contributed by atoms with van der Waals surface area (Å²) in [5.41, 5.74) is 0. The Bertz CT molecular complexity index is 183. The fourth-order valence-electron chi connectivity index (χ4n) is 1.01. The van der Waals surface area contributed by atoms with Crippen molar-refractivity contribution in [2.45, 2.75) is 26.2 Å². The van der Waals surface area contributed by atoms with Gasteiger partial charge in [0.05, 0.1) is 13.0 Å². The van der Waals surface area contributed by atoms with Crippen molar-refractivity contribution in [1.82, 2.24) is 0 Å². The molecule has 0 aromatic rings. The molecule has 0 radical (unpaired) electrons. The Morgan fingerprint density at radius 1 is 1.62 bits per heavy atom. The summed E-state index contributed by atoms with van der Waals surface area (Å²) in [6.07, 6.45) is 8.40. The molecule has 0 aliphatic rings. The Hall–Kier alpha value is -1.05. The molecule has 74 valence electrons. The maximum atomic E-state index is 11.2. The van der Waals surface area contributed by atoms with Crippen molar-refractivity contribution in [3.8, 4) is 0 Å². The van der Waals surface area contributed by atoms with Crippen molar-refractivity contribution < 1.29 is 9.53 Å². The van der Waals surface area contributed by atoms with E-state index in [1.165, 1.54) is 7.11 Å². The molecule has 0 aromatic carbocycles. The molecular formula is C11H18O2. The summed E-state index contributed by atoms with van der Waals surface area (Å²) in [4.78, 5) is 11.2. The van der Waals surface area contributed by atoms with E-state index in [2.05, 4.69) is 18.2 Å². The number of hydrogen-bond acceptors (Lipinski definition) is 2. The van der Waals surface area contributed by atoms with E-state index < -0.39 is 0 Å². The van der Waals surface area contributed by atoms with E-state index in [1.54, 1.807) is 6.08 Å². The van der Waals surface area contributed by atoms with Crippen molar-refractivity contribution >= 4 is 5.97 Å². The largest absolute Gasteiger partial charge is 0.469 e. The van der Waals surface area contributed by atoms with Crippen molar-refractivity contribution in [2.24, 2.45) is 5.92 Å². The highest BCUT2D eigenvalue weighted by molar-refractivity contribution is 5.74. The molecular weight excluding hydrogens is 164 g/mol. The Kier molecular flexibility index (Phi) is 6.98. The number of hydrogen-bond donors (Lipinski definition) is 0. The average Bonchev–Trinajstić information content (AvgIpc) is 2.16. The zero-order valence-corrected chi connectivity index (χ0v) is 8.45. The molecule has 1 atom stereocenters. The Morgan fingerprint density at radius 2 is 2.31 bits per heavy atom. The summed E-state index contributed by atoms with van der Waals surface area (Å²) < 4.78 is 4.66. The van der Waals surface area contributed by atoms with Crippen molar-refractivity contribution in [3.05, 3.63) is 24.8 Å². The van der Waals surface area contributed by atoms with Crippen LogP contribution in [0.5, 0.6) is 0 Å². The first kappa shape index (κ1) is 11.9. The lowest BCUT2D eigenvalue weighted by atomic mass is 10.0. The van der Waals surface area contributed by atoms with Gasteiger partial charge >= 0.3 is 5.97 Å². The highest BCUT2D eigenvalue weighted by atomic mass is 16.5. The topological polar surface area (TPSA) is 26.3 Å². The number of unbranched alkanes of at least 4 members (excludes halogenated alkanes) is 1. The molecule has 0 bridgehead atoms. The first-order valence-corrected chi connectivity index (χ1v) is 4.61. The highest BCUT2D eigenvalue weighted by Crippen LogP contribution is 2.08. The molecule has 0 amide bonds. The smallest absolute Gasteiger partial charge is 0.312 e. The maximum absolute atomic E-state index is 11.2. The van der Waals surface area contributed by atoms with Crippen LogP contribution in [0.2, 0.25) is 0 Å². The van der Waals surface area contributed by atoms with E-state index >= 15 is 0 Å². The van der Waals surface area contributed by atoms with Crippen molar-refractivity contribution in [2.75, 3.05) is 7.11 Å². The second-order valence-corrected chi connectivity index (χ2v) is 2.87. The van der Waals surface area contributed by atoms with Gasteiger partial charge in [-0.15, -0.1) is 6.58 Å². The molecule has 0 N–H and O–H groups in total. The molecule has 0 aromatic heterocycles. The van der Waals surface area contributed by atoms with E-state index in [9.17, 15) is 4.79 Å². The molecule has 0 heterocycles. The zero-order valence-electron chi connectivity index (χ0n) is 8.45. The molecule has 0 rings (SSSR count). The lowest BCUT2D eigenvalue weighted by Gasteiger charge is -2.06. The fraction of sp³-hybridized carbons (Fsp3) is 0.545. The molecule has 0 saturated carbocycles. The predicted molar refractivity (Wildman–Crippen MR) is 54.4 cm³/mol. The molecule has 0 aliphatic carbocycles. The lowest BCUT2D eigenvalue weighted by molar-refractivity contribution is -0.143. The molecule has 13 heavy (non-hydrogen) atoms. The number of allylic oxidation sites excluding steroid dienone is 2.